The average molecular weight is 227 g/mol. The first-order chi connectivity index (χ1) is 7.63. The van der Waals surface area contributed by atoms with Crippen molar-refractivity contribution in [1.82, 2.24) is 15.1 Å². The molecule has 0 aliphatic carbocycles. The van der Waals surface area contributed by atoms with Crippen LogP contribution < -0.4 is 5.32 Å². The lowest BCUT2D eigenvalue weighted by atomic mass is 10.1. The summed E-state index contributed by atoms with van der Waals surface area (Å²) in [4.78, 5) is 15.6. The van der Waals surface area contributed by atoms with Crippen LogP contribution in [-0.2, 0) is 4.79 Å². The van der Waals surface area contributed by atoms with E-state index in [1.54, 1.807) is 19.0 Å². The molecule has 0 radical (unpaired) electrons. The van der Waals surface area contributed by atoms with Gasteiger partial charge in [0.2, 0.25) is 5.91 Å². The van der Waals surface area contributed by atoms with Crippen molar-refractivity contribution in [2.24, 2.45) is 0 Å². The molecule has 0 aromatic carbocycles. The van der Waals surface area contributed by atoms with E-state index in [4.69, 9.17) is 0 Å². The maximum Gasteiger partial charge on any atom is 0.236 e. The van der Waals surface area contributed by atoms with E-state index < -0.39 is 0 Å². The third-order valence-electron chi connectivity index (χ3n) is 3.31. The fourth-order valence-corrected chi connectivity index (χ4v) is 2.07. The molecule has 0 bridgehead atoms. The third-order valence-corrected chi connectivity index (χ3v) is 3.31. The van der Waals surface area contributed by atoms with Gasteiger partial charge in [-0.25, -0.2) is 0 Å². The first kappa shape index (κ1) is 13.5. The molecular weight excluding hydrogens is 202 g/mol. The van der Waals surface area contributed by atoms with Gasteiger partial charge in [0.25, 0.3) is 0 Å². The molecule has 1 amide bonds. The highest BCUT2D eigenvalue weighted by atomic mass is 16.2. The lowest BCUT2D eigenvalue weighted by Gasteiger charge is -2.19. The molecule has 1 fully saturated rings. The van der Waals surface area contributed by atoms with Gasteiger partial charge < -0.3 is 15.1 Å². The minimum atomic E-state index is 0.164. The number of likely N-dealkylation sites (N-methyl/N-ethyl adjacent to an activating group) is 1. The van der Waals surface area contributed by atoms with Crippen LogP contribution in [0.3, 0.4) is 0 Å². The second kappa shape index (κ2) is 6.86. The molecule has 1 rings (SSSR count). The van der Waals surface area contributed by atoms with Crippen LogP contribution in [0.2, 0.25) is 0 Å². The van der Waals surface area contributed by atoms with Crippen molar-refractivity contribution in [3.63, 3.8) is 0 Å². The maximum absolute atomic E-state index is 11.4. The molecule has 1 N–H and O–H groups in total. The molecule has 4 nitrogen and oxygen atoms in total. The zero-order valence-corrected chi connectivity index (χ0v) is 10.8. The quantitative estimate of drug-likeness (QED) is 0.761. The maximum atomic E-state index is 11.4. The molecule has 0 aromatic rings. The molecule has 1 aliphatic heterocycles. The molecule has 0 aromatic heterocycles. The minimum absolute atomic E-state index is 0.164. The van der Waals surface area contributed by atoms with Crippen molar-refractivity contribution >= 4 is 5.91 Å². The van der Waals surface area contributed by atoms with Crippen LogP contribution in [0.5, 0.6) is 0 Å². The van der Waals surface area contributed by atoms with Crippen LogP contribution in [0.25, 0.3) is 0 Å². The Hall–Kier alpha value is -0.610. The monoisotopic (exact) mass is 227 g/mol. The average Bonchev–Trinajstić information content (AvgIpc) is 2.50. The lowest BCUT2D eigenvalue weighted by molar-refractivity contribution is -0.127. The van der Waals surface area contributed by atoms with Crippen LogP contribution in [0.1, 0.15) is 26.2 Å². The van der Waals surface area contributed by atoms with Crippen LogP contribution >= 0.6 is 0 Å². The second-order valence-electron chi connectivity index (χ2n) is 4.73. The summed E-state index contributed by atoms with van der Waals surface area (Å²) in [5.41, 5.74) is 0. The molecular formula is C12H25N3O. The van der Waals surface area contributed by atoms with Crippen LogP contribution in [0, 0.1) is 0 Å². The van der Waals surface area contributed by atoms with Gasteiger partial charge in [-0.1, -0.05) is 6.92 Å². The zero-order chi connectivity index (χ0) is 12.0. The zero-order valence-electron chi connectivity index (χ0n) is 10.8. The molecule has 1 atom stereocenters. The summed E-state index contributed by atoms with van der Waals surface area (Å²) in [6, 6.07) is 0.514. The van der Waals surface area contributed by atoms with Gasteiger partial charge in [-0.15, -0.1) is 0 Å². The number of carbonyl (C=O) groups excluding carboxylic acids is 1. The summed E-state index contributed by atoms with van der Waals surface area (Å²) < 4.78 is 0. The molecule has 0 saturated carbocycles. The molecule has 1 heterocycles. The Morgan fingerprint density at radius 2 is 2.12 bits per heavy atom. The molecule has 4 heteroatoms. The smallest absolute Gasteiger partial charge is 0.236 e. The van der Waals surface area contributed by atoms with Crippen LogP contribution in [-0.4, -0.2) is 62.0 Å². The topological polar surface area (TPSA) is 35.6 Å². The number of nitrogens with zero attached hydrogens (tertiary/aromatic N) is 2. The lowest BCUT2D eigenvalue weighted by Crippen LogP contribution is -2.39. The number of rotatable bonds is 4. The Labute approximate surface area is 99.0 Å². The van der Waals surface area contributed by atoms with Crippen molar-refractivity contribution in [3.8, 4) is 0 Å². The predicted molar refractivity (Wildman–Crippen MR) is 66.4 cm³/mol. The normalized spacial score (nSPS) is 22.8. The summed E-state index contributed by atoms with van der Waals surface area (Å²) >= 11 is 0. The van der Waals surface area contributed by atoms with Gasteiger partial charge in [0, 0.05) is 20.1 Å². The van der Waals surface area contributed by atoms with Gasteiger partial charge in [0.05, 0.1) is 6.54 Å². The van der Waals surface area contributed by atoms with Crippen molar-refractivity contribution in [2.45, 2.75) is 32.2 Å². The van der Waals surface area contributed by atoms with Gasteiger partial charge in [-0.2, -0.15) is 0 Å². The molecule has 0 spiro atoms. The molecule has 1 unspecified atom stereocenters. The highest BCUT2D eigenvalue weighted by molar-refractivity contribution is 5.77. The van der Waals surface area contributed by atoms with E-state index in [2.05, 4.69) is 17.1 Å². The Kier molecular flexibility index (Phi) is 5.77. The summed E-state index contributed by atoms with van der Waals surface area (Å²) in [5.74, 6) is 0.164. The van der Waals surface area contributed by atoms with E-state index in [0.717, 1.165) is 19.5 Å². The SMILES string of the molecule is CCN1CCCC(NCC(=O)N(C)C)CC1. The number of hydrogen-bond donors (Lipinski definition) is 1. The van der Waals surface area contributed by atoms with Gasteiger partial charge >= 0.3 is 0 Å². The van der Waals surface area contributed by atoms with Crippen LogP contribution in [0.4, 0.5) is 0 Å². The summed E-state index contributed by atoms with van der Waals surface area (Å²) in [6.45, 7) is 6.19. The van der Waals surface area contributed by atoms with Crippen LogP contribution in [0.15, 0.2) is 0 Å². The van der Waals surface area contributed by atoms with Gasteiger partial charge in [-0.3, -0.25) is 4.79 Å². The second-order valence-corrected chi connectivity index (χ2v) is 4.73. The predicted octanol–water partition coefficient (Wildman–Crippen LogP) is 0.539. The molecule has 16 heavy (non-hydrogen) atoms. The van der Waals surface area contributed by atoms with E-state index in [0.29, 0.717) is 12.6 Å². The van der Waals surface area contributed by atoms with E-state index in [-0.39, 0.29) is 5.91 Å². The van der Waals surface area contributed by atoms with Crippen molar-refractivity contribution < 1.29 is 4.79 Å². The first-order valence-corrected chi connectivity index (χ1v) is 6.29. The van der Waals surface area contributed by atoms with E-state index in [1.165, 1.54) is 19.4 Å². The third kappa shape index (κ3) is 4.49. The van der Waals surface area contributed by atoms with Gasteiger partial charge in [-0.05, 0) is 38.9 Å². The van der Waals surface area contributed by atoms with E-state index in [9.17, 15) is 4.79 Å². The van der Waals surface area contributed by atoms with E-state index >= 15 is 0 Å². The Balaban J connectivity index is 2.25. The first-order valence-electron chi connectivity index (χ1n) is 6.29. The van der Waals surface area contributed by atoms with Gasteiger partial charge in [0.15, 0.2) is 0 Å². The van der Waals surface area contributed by atoms with Gasteiger partial charge in [0.1, 0.15) is 0 Å². The van der Waals surface area contributed by atoms with E-state index in [1.807, 2.05) is 0 Å². The largest absolute Gasteiger partial charge is 0.348 e. The summed E-state index contributed by atoms with van der Waals surface area (Å²) in [5, 5.41) is 3.37. The summed E-state index contributed by atoms with van der Waals surface area (Å²) in [7, 11) is 3.60. The van der Waals surface area contributed by atoms with Crippen molar-refractivity contribution in [2.75, 3.05) is 40.3 Å². The molecule has 94 valence electrons. The highest BCUT2D eigenvalue weighted by Crippen LogP contribution is 2.10. The summed E-state index contributed by atoms with van der Waals surface area (Å²) in [6.07, 6.45) is 3.59. The minimum Gasteiger partial charge on any atom is -0.348 e. The Morgan fingerprint density at radius 3 is 2.75 bits per heavy atom. The van der Waals surface area contributed by atoms with Crippen molar-refractivity contribution in [3.05, 3.63) is 0 Å². The Bertz CT molecular complexity index is 218. The molecule has 1 saturated heterocycles. The number of nitrogens with one attached hydrogen (secondary N) is 1. The number of likely N-dealkylation sites (tertiary alicyclic amines) is 1. The molecule has 1 aliphatic rings. The Morgan fingerprint density at radius 1 is 1.38 bits per heavy atom. The number of hydrogen-bond acceptors (Lipinski definition) is 3. The number of amides is 1. The number of carbonyl (C=O) groups is 1. The highest BCUT2D eigenvalue weighted by Gasteiger charge is 2.16. The standard InChI is InChI=1S/C12H25N3O/c1-4-15-8-5-6-11(7-9-15)13-10-12(16)14(2)3/h11,13H,4-10H2,1-3H3. The van der Waals surface area contributed by atoms with Crippen molar-refractivity contribution in [1.29, 1.82) is 0 Å². The fraction of sp³-hybridized carbons (Fsp3) is 0.917. The fourth-order valence-electron chi connectivity index (χ4n) is 2.07.